The first kappa shape index (κ1) is 15.1. The van der Waals surface area contributed by atoms with Gasteiger partial charge in [0.25, 0.3) is 5.91 Å². The quantitative estimate of drug-likeness (QED) is 0.904. The van der Waals surface area contributed by atoms with Gasteiger partial charge in [0.05, 0.1) is 17.2 Å². The van der Waals surface area contributed by atoms with Crippen LogP contribution in [0.5, 0.6) is 5.75 Å². The maximum atomic E-state index is 11.4. The molecule has 1 aliphatic rings. The maximum Gasteiger partial charge on any atom is 0.260 e. The lowest BCUT2D eigenvalue weighted by molar-refractivity contribution is 0.100. The zero-order valence-corrected chi connectivity index (χ0v) is 13.5. The minimum atomic E-state index is -0.519. The summed E-state index contributed by atoms with van der Waals surface area (Å²) >= 11 is 1.22. The van der Waals surface area contributed by atoms with Gasteiger partial charge in [-0.15, -0.1) is 11.3 Å². The van der Waals surface area contributed by atoms with Crippen molar-refractivity contribution in [2.75, 3.05) is 5.73 Å². The lowest BCUT2D eigenvalue weighted by atomic mass is 9.86. The van der Waals surface area contributed by atoms with Crippen LogP contribution in [0.4, 0.5) is 5.69 Å². The molecule has 2 aromatic rings. The van der Waals surface area contributed by atoms with Crippen LogP contribution in [0.15, 0.2) is 12.3 Å². The molecule has 4 N–H and O–H groups in total. The van der Waals surface area contributed by atoms with Gasteiger partial charge >= 0.3 is 0 Å². The molecule has 5 nitrogen and oxygen atoms in total. The Labute approximate surface area is 133 Å². The third kappa shape index (κ3) is 2.75. The summed E-state index contributed by atoms with van der Waals surface area (Å²) in [5.74, 6) is 1.02. The number of fused-ring (bicyclic) bond motifs is 1. The topological polar surface area (TPSA) is 91.2 Å². The second-order valence-corrected chi connectivity index (χ2v) is 6.87. The Bertz CT molecular complexity index is 690. The largest absolute Gasteiger partial charge is 0.490 e. The van der Waals surface area contributed by atoms with Gasteiger partial charge in [-0.3, -0.25) is 4.79 Å². The van der Waals surface area contributed by atoms with Gasteiger partial charge in [-0.2, -0.15) is 0 Å². The summed E-state index contributed by atoms with van der Waals surface area (Å²) in [6, 6.07) is 1.82. The number of ether oxygens (including phenoxy) is 1. The Morgan fingerprint density at radius 3 is 2.77 bits per heavy atom. The normalized spacial score (nSPS) is 21.9. The van der Waals surface area contributed by atoms with Crippen molar-refractivity contribution in [1.82, 2.24) is 4.98 Å². The van der Waals surface area contributed by atoms with E-state index in [1.165, 1.54) is 30.6 Å². The molecular weight excluding hydrogens is 298 g/mol. The summed E-state index contributed by atoms with van der Waals surface area (Å²) in [5.41, 5.74) is 11.8. The highest BCUT2D eigenvalue weighted by atomic mass is 32.1. The summed E-state index contributed by atoms with van der Waals surface area (Å²) in [4.78, 5) is 16.8. The zero-order valence-electron chi connectivity index (χ0n) is 12.7. The number of nitrogens with zero attached hydrogens (tertiary/aromatic N) is 1. The zero-order chi connectivity index (χ0) is 15.7. The van der Waals surface area contributed by atoms with E-state index in [1.54, 1.807) is 6.20 Å². The van der Waals surface area contributed by atoms with Crippen LogP contribution in [0, 0.1) is 5.92 Å². The molecule has 0 atom stereocenters. The molecule has 1 amide bonds. The molecule has 118 valence electrons. The number of carbonyl (C=O) groups is 1. The van der Waals surface area contributed by atoms with Crippen LogP contribution < -0.4 is 16.2 Å². The van der Waals surface area contributed by atoms with E-state index in [4.69, 9.17) is 16.2 Å². The number of rotatable bonds is 4. The molecule has 1 fully saturated rings. The summed E-state index contributed by atoms with van der Waals surface area (Å²) < 4.78 is 6.17. The summed E-state index contributed by atoms with van der Waals surface area (Å²) in [5, 5.41) is 0.721. The lowest BCUT2D eigenvalue weighted by Crippen LogP contribution is -2.24. The molecule has 0 bridgehead atoms. The second-order valence-electron chi connectivity index (χ2n) is 5.87. The van der Waals surface area contributed by atoms with Crippen molar-refractivity contribution in [2.45, 2.75) is 45.1 Å². The number of primary amides is 1. The smallest absolute Gasteiger partial charge is 0.260 e. The molecule has 22 heavy (non-hydrogen) atoms. The third-order valence-corrected chi connectivity index (χ3v) is 5.61. The van der Waals surface area contributed by atoms with Gasteiger partial charge in [-0.05, 0) is 37.7 Å². The molecule has 0 saturated heterocycles. The fourth-order valence-corrected chi connectivity index (χ4v) is 4.07. The first-order chi connectivity index (χ1) is 10.6. The summed E-state index contributed by atoms with van der Waals surface area (Å²) in [6.45, 7) is 2.25. The van der Waals surface area contributed by atoms with Gasteiger partial charge in [-0.1, -0.05) is 13.3 Å². The third-order valence-electron chi connectivity index (χ3n) is 4.48. The van der Waals surface area contributed by atoms with E-state index in [1.807, 2.05) is 6.07 Å². The second kappa shape index (κ2) is 6.12. The highest BCUT2D eigenvalue weighted by Gasteiger charge is 2.24. The molecule has 0 aromatic carbocycles. The van der Waals surface area contributed by atoms with Crippen molar-refractivity contribution < 1.29 is 9.53 Å². The van der Waals surface area contributed by atoms with Gasteiger partial charge in [-0.25, -0.2) is 4.98 Å². The van der Waals surface area contributed by atoms with Gasteiger partial charge in [0.2, 0.25) is 0 Å². The monoisotopic (exact) mass is 319 g/mol. The van der Waals surface area contributed by atoms with Crippen LogP contribution in [-0.2, 0) is 0 Å². The number of nitrogens with two attached hydrogens (primary N) is 2. The van der Waals surface area contributed by atoms with Crippen LogP contribution in [-0.4, -0.2) is 17.0 Å². The number of aromatic nitrogens is 1. The van der Waals surface area contributed by atoms with E-state index < -0.39 is 5.91 Å². The Morgan fingerprint density at radius 1 is 1.41 bits per heavy atom. The van der Waals surface area contributed by atoms with E-state index in [-0.39, 0.29) is 6.10 Å². The van der Waals surface area contributed by atoms with Crippen LogP contribution in [0.3, 0.4) is 0 Å². The number of anilines is 1. The number of pyridine rings is 1. The highest BCUT2D eigenvalue weighted by Crippen LogP contribution is 2.39. The average molecular weight is 319 g/mol. The van der Waals surface area contributed by atoms with Crippen molar-refractivity contribution in [1.29, 1.82) is 0 Å². The van der Waals surface area contributed by atoms with Crippen molar-refractivity contribution in [3.8, 4) is 5.75 Å². The van der Waals surface area contributed by atoms with Gasteiger partial charge < -0.3 is 16.2 Å². The molecule has 1 saturated carbocycles. The Kier molecular flexibility index (Phi) is 4.20. The molecule has 1 aliphatic carbocycles. The summed E-state index contributed by atoms with van der Waals surface area (Å²) in [6.07, 6.45) is 7.69. The number of thiophene rings is 1. The Balaban J connectivity index is 1.86. The van der Waals surface area contributed by atoms with E-state index in [9.17, 15) is 4.79 Å². The molecule has 0 aliphatic heterocycles. The van der Waals surface area contributed by atoms with Crippen molar-refractivity contribution in [2.24, 2.45) is 11.7 Å². The van der Waals surface area contributed by atoms with E-state index >= 15 is 0 Å². The van der Waals surface area contributed by atoms with Crippen LogP contribution in [0.1, 0.15) is 48.7 Å². The predicted molar refractivity (Wildman–Crippen MR) is 89.2 cm³/mol. The molecule has 0 spiro atoms. The van der Waals surface area contributed by atoms with E-state index in [0.29, 0.717) is 21.1 Å². The molecule has 0 unspecified atom stereocenters. The SMILES string of the molecule is CCC1CCC(Oc2ccnc3sc(C(N)=O)c(N)c23)CC1. The van der Waals surface area contributed by atoms with Gasteiger partial charge in [0, 0.05) is 6.20 Å². The van der Waals surface area contributed by atoms with Crippen molar-refractivity contribution in [3.05, 3.63) is 17.1 Å². The van der Waals surface area contributed by atoms with E-state index in [2.05, 4.69) is 11.9 Å². The number of amides is 1. The van der Waals surface area contributed by atoms with Crippen LogP contribution >= 0.6 is 11.3 Å². The van der Waals surface area contributed by atoms with Gasteiger partial charge in [0.15, 0.2) is 0 Å². The molecule has 3 rings (SSSR count). The minimum Gasteiger partial charge on any atom is -0.490 e. The number of carbonyl (C=O) groups excluding carboxylic acids is 1. The van der Waals surface area contributed by atoms with Crippen LogP contribution in [0.2, 0.25) is 0 Å². The Morgan fingerprint density at radius 2 is 2.14 bits per heavy atom. The Hall–Kier alpha value is -1.82. The fraction of sp³-hybridized carbons (Fsp3) is 0.500. The number of nitrogen functional groups attached to an aromatic ring is 1. The lowest BCUT2D eigenvalue weighted by Gasteiger charge is -2.28. The van der Waals surface area contributed by atoms with Crippen molar-refractivity contribution >= 4 is 33.1 Å². The number of hydrogen-bond acceptors (Lipinski definition) is 5. The highest BCUT2D eigenvalue weighted by molar-refractivity contribution is 7.21. The fourth-order valence-electron chi connectivity index (χ4n) is 3.14. The summed E-state index contributed by atoms with van der Waals surface area (Å²) in [7, 11) is 0. The molecule has 2 heterocycles. The molecule has 0 radical (unpaired) electrons. The number of hydrogen-bond donors (Lipinski definition) is 2. The standard InChI is InChI=1S/C16H21N3O2S/c1-2-9-3-5-10(6-4-9)21-11-7-8-19-16-12(11)13(17)14(22-16)15(18)20/h7-10H,2-6,17H2,1H3,(H2,18,20). The van der Waals surface area contributed by atoms with Gasteiger partial charge in [0.1, 0.15) is 15.5 Å². The predicted octanol–water partition coefficient (Wildman–Crippen LogP) is 3.33. The molecular formula is C16H21N3O2S. The minimum absolute atomic E-state index is 0.213. The molecule has 6 heteroatoms. The van der Waals surface area contributed by atoms with E-state index in [0.717, 1.165) is 24.1 Å². The van der Waals surface area contributed by atoms with Crippen LogP contribution in [0.25, 0.3) is 10.2 Å². The average Bonchev–Trinajstić information content (AvgIpc) is 2.86. The maximum absolute atomic E-state index is 11.4. The van der Waals surface area contributed by atoms with Crippen molar-refractivity contribution in [3.63, 3.8) is 0 Å². The first-order valence-corrected chi connectivity index (χ1v) is 8.55. The first-order valence-electron chi connectivity index (χ1n) is 7.73. The molecule has 2 aromatic heterocycles.